The summed E-state index contributed by atoms with van der Waals surface area (Å²) in [5, 5.41) is 24.2. The molecule has 0 atom stereocenters. The number of aryl methyl sites for hydroxylation is 2. The van der Waals surface area contributed by atoms with Crippen molar-refractivity contribution in [1.82, 2.24) is 9.97 Å². The van der Waals surface area contributed by atoms with Crippen LogP contribution in [0, 0.1) is 25.2 Å². The van der Waals surface area contributed by atoms with Crippen molar-refractivity contribution in [2.45, 2.75) is 20.3 Å². The van der Waals surface area contributed by atoms with Crippen LogP contribution in [0.5, 0.6) is 0 Å². The minimum atomic E-state index is -0.853. The number of rotatable bonds is 6. The molecule has 0 spiro atoms. The van der Waals surface area contributed by atoms with Crippen molar-refractivity contribution in [2.24, 2.45) is 0 Å². The number of nitriles is 1. The van der Waals surface area contributed by atoms with Crippen molar-refractivity contribution in [1.29, 1.82) is 5.26 Å². The van der Waals surface area contributed by atoms with E-state index in [0.29, 0.717) is 17.3 Å². The number of anilines is 4. The standard InChI is InChI=1S/C21H19N5O2/c1-13-9-16(11-19(27)28)10-14(2)20(13)25-18-7-8-23-21(26-18)24-17-5-3-15(12-22)4-6-17/h3-10H,11H2,1-2H3,(H,27,28)(H2,23,24,25,26). The quantitative estimate of drug-likeness (QED) is 0.597. The highest BCUT2D eigenvalue weighted by Crippen LogP contribution is 2.26. The normalized spacial score (nSPS) is 10.2. The summed E-state index contributed by atoms with van der Waals surface area (Å²) < 4.78 is 0. The molecule has 0 saturated heterocycles. The number of nitrogens with zero attached hydrogens (tertiary/aromatic N) is 3. The summed E-state index contributed by atoms with van der Waals surface area (Å²) in [6.45, 7) is 3.86. The van der Waals surface area contributed by atoms with Crippen LogP contribution in [-0.2, 0) is 11.2 Å². The lowest BCUT2D eigenvalue weighted by Crippen LogP contribution is -2.05. The summed E-state index contributed by atoms with van der Waals surface area (Å²) in [5.74, 6) is 0.185. The Morgan fingerprint density at radius 2 is 1.79 bits per heavy atom. The second kappa shape index (κ2) is 8.18. The van der Waals surface area contributed by atoms with Crippen LogP contribution in [0.4, 0.5) is 23.1 Å². The number of carbonyl (C=O) groups is 1. The number of hydrogen-bond donors (Lipinski definition) is 3. The molecule has 0 unspecified atom stereocenters. The maximum atomic E-state index is 10.9. The SMILES string of the molecule is Cc1cc(CC(=O)O)cc(C)c1Nc1ccnc(Nc2ccc(C#N)cc2)n1. The molecule has 0 saturated carbocycles. The smallest absolute Gasteiger partial charge is 0.307 e. The summed E-state index contributed by atoms with van der Waals surface area (Å²) in [6, 6.07) is 14.6. The lowest BCUT2D eigenvalue weighted by atomic mass is 10.0. The lowest BCUT2D eigenvalue weighted by Gasteiger charge is -2.14. The first-order valence-corrected chi connectivity index (χ1v) is 8.64. The van der Waals surface area contributed by atoms with Gasteiger partial charge in [-0.15, -0.1) is 0 Å². The minimum Gasteiger partial charge on any atom is -0.481 e. The zero-order valence-corrected chi connectivity index (χ0v) is 15.5. The minimum absolute atomic E-state index is 0.00583. The van der Waals surface area contributed by atoms with Crippen LogP contribution in [0.3, 0.4) is 0 Å². The van der Waals surface area contributed by atoms with Crippen molar-refractivity contribution in [3.05, 3.63) is 70.9 Å². The van der Waals surface area contributed by atoms with Crippen molar-refractivity contribution in [3.63, 3.8) is 0 Å². The largest absolute Gasteiger partial charge is 0.481 e. The molecule has 0 aliphatic rings. The highest BCUT2D eigenvalue weighted by Gasteiger charge is 2.09. The molecular weight excluding hydrogens is 354 g/mol. The van der Waals surface area contributed by atoms with E-state index in [9.17, 15) is 4.79 Å². The van der Waals surface area contributed by atoms with E-state index in [1.54, 1.807) is 36.5 Å². The van der Waals surface area contributed by atoms with Gasteiger partial charge < -0.3 is 15.7 Å². The second-order valence-corrected chi connectivity index (χ2v) is 6.38. The molecule has 2 aromatic carbocycles. The van der Waals surface area contributed by atoms with E-state index in [-0.39, 0.29) is 6.42 Å². The van der Waals surface area contributed by atoms with Gasteiger partial charge in [0, 0.05) is 17.6 Å². The Bertz CT molecular complexity index is 1030. The van der Waals surface area contributed by atoms with Crippen molar-refractivity contribution in [2.75, 3.05) is 10.6 Å². The maximum Gasteiger partial charge on any atom is 0.307 e. The van der Waals surface area contributed by atoms with Gasteiger partial charge in [0.25, 0.3) is 0 Å². The maximum absolute atomic E-state index is 10.9. The fourth-order valence-corrected chi connectivity index (χ4v) is 2.90. The van der Waals surface area contributed by atoms with Crippen LogP contribution in [0.1, 0.15) is 22.3 Å². The molecule has 7 nitrogen and oxygen atoms in total. The highest BCUT2D eigenvalue weighted by molar-refractivity contribution is 5.72. The topological polar surface area (TPSA) is 111 Å². The van der Waals surface area contributed by atoms with Gasteiger partial charge in [0.2, 0.25) is 5.95 Å². The van der Waals surface area contributed by atoms with Crippen molar-refractivity contribution >= 4 is 29.1 Å². The molecule has 28 heavy (non-hydrogen) atoms. The lowest BCUT2D eigenvalue weighted by molar-refractivity contribution is -0.136. The van der Waals surface area contributed by atoms with Gasteiger partial charge in [-0.25, -0.2) is 4.98 Å². The molecule has 140 valence electrons. The third-order valence-electron chi connectivity index (χ3n) is 4.13. The Labute approximate surface area is 162 Å². The highest BCUT2D eigenvalue weighted by atomic mass is 16.4. The second-order valence-electron chi connectivity index (χ2n) is 6.38. The van der Waals surface area contributed by atoms with Crippen molar-refractivity contribution in [3.8, 4) is 6.07 Å². The van der Waals surface area contributed by atoms with Crippen LogP contribution < -0.4 is 10.6 Å². The predicted molar refractivity (Wildman–Crippen MR) is 107 cm³/mol. The van der Waals surface area contributed by atoms with Crippen LogP contribution in [-0.4, -0.2) is 21.0 Å². The molecule has 1 aromatic heterocycles. The molecule has 3 N–H and O–H groups in total. The Kier molecular flexibility index (Phi) is 5.51. The Morgan fingerprint density at radius 1 is 1.11 bits per heavy atom. The Balaban J connectivity index is 1.79. The molecule has 7 heteroatoms. The molecule has 0 amide bonds. The summed E-state index contributed by atoms with van der Waals surface area (Å²) >= 11 is 0. The van der Waals surface area contributed by atoms with Gasteiger partial charge in [-0.2, -0.15) is 10.2 Å². The van der Waals surface area contributed by atoms with Crippen LogP contribution in [0.2, 0.25) is 0 Å². The molecule has 1 heterocycles. The van der Waals surface area contributed by atoms with Crippen LogP contribution in [0.15, 0.2) is 48.7 Å². The molecular formula is C21H19N5O2. The molecule has 3 aromatic rings. The van der Waals surface area contributed by atoms with Gasteiger partial charge in [-0.05, 0) is 60.9 Å². The summed E-state index contributed by atoms with van der Waals surface area (Å²) in [7, 11) is 0. The van der Waals surface area contributed by atoms with Crippen LogP contribution in [0.25, 0.3) is 0 Å². The van der Waals surface area contributed by atoms with E-state index in [2.05, 4.69) is 26.7 Å². The van der Waals surface area contributed by atoms with E-state index in [4.69, 9.17) is 10.4 Å². The van der Waals surface area contributed by atoms with E-state index >= 15 is 0 Å². The van der Waals surface area contributed by atoms with E-state index < -0.39 is 5.97 Å². The zero-order chi connectivity index (χ0) is 20.1. The monoisotopic (exact) mass is 373 g/mol. The number of benzene rings is 2. The number of nitrogens with one attached hydrogen (secondary N) is 2. The summed E-state index contributed by atoms with van der Waals surface area (Å²) in [4.78, 5) is 19.6. The first-order chi connectivity index (χ1) is 13.4. The summed E-state index contributed by atoms with van der Waals surface area (Å²) in [6.07, 6.45) is 1.64. The van der Waals surface area contributed by atoms with Gasteiger partial charge in [0.05, 0.1) is 18.1 Å². The fourth-order valence-electron chi connectivity index (χ4n) is 2.90. The van der Waals surface area contributed by atoms with Crippen LogP contribution >= 0.6 is 0 Å². The summed E-state index contributed by atoms with van der Waals surface area (Å²) in [5.41, 5.74) is 4.89. The predicted octanol–water partition coefficient (Wildman–Crippen LogP) is 4.08. The first kappa shape index (κ1) is 18.9. The fraction of sp³-hybridized carbons (Fsp3) is 0.143. The van der Waals surface area contributed by atoms with Crippen molar-refractivity contribution < 1.29 is 9.90 Å². The Morgan fingerprint density at radius 3 is 2.39 bits per heavy atom. The number of aromatic nitrogens is 2. The molecule has 0 aliphatic heterocycles. The third kappa shape index (κ3) is 4.62. The average molecular weight is 373 g/mol. The third-order valence-corrected chi connectivity index (χ3v) is 4.13. The molecule has 0 fully saturated rings. The molecule has 0 radical (unpaired) electrons. The zero-order valence-electron chi connectivity index (χ0n) is 15.5. The van der Waals surface area contributed by atoms with E-state index in [1.165, 1.54) is 0 Å². The van der Waals surface area contributed by atoms with E-state index in [1.807, 2.05) is 26.0 Å². The molecule has 3 rings (SSSR count). The van der Waals surface area contributed by atoms with E-state index in [0.717, 1.165) is 28.1 Å². The number of hydrogen-bond acceptors (Lipinski definition) is 6. The Hall–Kier alpha value is -3.92. The van der Waals surface area contributed by atoms with Gasteiger partial charge in [-0.1, -0.05) is 12.1 Å². The van der Waals surface area contributed by atoms with Gasteiger partial charge in [0.1, 0.15) is 5.82 Å². The number of aliphatic carboxylic acids is 1. The van der Waals surface area contributed by atoms with Gasteiger partial charge in [-0.3, -0.25) is 4.79 Å². The molecule has 0 aliphatic carbocycles. The van der Waals surface area contributed by atoms with Gasteiger partial charge >= 0.3 is 5.97 Å². The number of carboxylic acid groups (broad SMARTS) is 1. The van der Waals surface area contributed by atoms with Gasteiger partial charge in [0.15, 0.2) is 0 Å². The average Bonchev–Trinajstić information content (AvgIpc) is 2.65. The molecule has 0 bridgehead atoms. The first-order valence-electron chi connectivity index (χ1n) is 8.64. The number of carboxylic acids is 1.